The molecule has 0 unspecified atom stereocenters. The molecule has 0 atom stereocenters. The summed E-state index contributed by atoms with van der Waals surface area (Å²) in [7, 11) is -2.07. The second-order valence-electron chi connectivity index (χ2n) is 5.09. The number of rotatable bonds is 6. The molecule has 1 fully saturated rings. The number of carbonyl (C=O) groups is 1. The predicted octanol–water partition coefficient (Wildman–Crippen LogP) is 1.48. The normalized spacial score (nSPS) is 16.8. The Morgan fingerprint density at radius 3 is 2.75 bits per heavy atom. The van der Waals surface area contributed by atoms with Crippen molar-refractivity contribution < 1.29 is 22.9 Å². The van der Waals surface area contributed by atoms with E-state index in [-0.39, 0.29) is 40.8 Å². The van der Waals surface area contributed by atoms with Gasteiger partial charge < -0.3 is 10.1 Å². The third kappa shape index (κ3) is 3.94. The number of nitrogens with one attached hydrogen (secondary N) is 1. The van der Waals surface area contributed by atoms with Crippen LogP contribution in [-0.4, -0.2) is 56.1 Å². The fourth-order valence-electron chi connectivity index (χ4n) is 2.40. The van der Waals surface area contributed by atoms with Gasteiger partial charge in [0, 0.05) is 31.8 Å². The van der Waals surface area contributed by atoms with Crippen LogP contribution in [0.4, 0.5) is 11.4 Å². The molecule has 1 aromatic carbocycles. The van der Waals surface area contributed by atoms with Crippen LogP contribution in [-0.2, 0) is 14.8 Å². The van der Waals surface area contributed by atoms with Crippen LogP contribution >= 0.6 is 11.6 Å². The summed E-state index contributed by atoms with van der Waals surface area (Å²) in [6.45, 7) is 0.846. The topological polar surface area (TPSA) is 119 Å². The molecule has 2 rings (SSSR count). The number of methoxy groups -OCH3 is 1. The van der Waals surface area contributed by atoms with Gasteiger partial charge in [0.05, 0.1) is 34.1 Å². The van der Waals surface area contributed by atoms with Gasteiger partial charge in [-0.3, -0.25) is 10.1 Å². The Hall–Kier alpha value is -1.91. The number of hydrogen-bond donors (Lipinski definition) is 1. The van der Waals surface area contributed by atoms with Gasteiger partial charge >= 0.3 is 5.97 Å². The predicted molar refractivity (Wildman–Crippen MR) is 87.9 cm³/mol. The summed E-state index contributed by atoms with van der Waals surface area (Å²) >= 11 is 6.02. The van der Waals surface area contributed by atoms with Crippen LogP contribution in [0.15, 0.2) is 12.1 Å². The van der Waals surface area contributed by atoms with Crippen LogP contribution < -0.4 is 5.32 Å². The van der Waals surface area contributed by atoms with Crippen molar-refractivity contribution in [1.82, 2.24) is 4.31 Å². The Morgan fingerprint density at radius 1 is 1.50 bits per heavy atom. The third-order valence-electron chi connectivity index (χ3n) is 3.56. The molecule has 132 valence electrons. The van der Waals surface area contributed by atoms with Crippen molar-refractivity contribution in [2.75, 3.05) is 37.8 Å². The lowest BCUT2D eigenvalue weighted by atomic mass is 10.1. The van der Waals surface area contributed by atoms with E-state index < -0.39 is 20.9 Å². The number of non-ortho nitro benzene ring substituents is 1. The maximum Gasteiger partial charge on any atom is 0.340 e. The summed E-state index contributed by atoms with van der Waals surface area (Å²) in [5.74, 6) is -0.657. The molecular weight excluding hydrogens is 362 g/mol. The number of hydrogen-bond acceptors (Lipinski definition) is 7. The Balaban J connectivity index is 2.19. The molecule has 1 N–H and O–H groups in total. The van der Waals surface area contributed by atoms with Crippen molar-refractivity contribution in [2.24, 2.45) is 0 Å². The molecule has 11 heteroatoms. The number of anilines is 1. The van der Waals surface area contributed by atoms with Gasteiger partial charge in [0.15, 0.2) is 0 Å². The van der Waals surface area contributed by atoms with E-state index >= 15 is 0 Å². The molecule has 1 saturated heterocycles. The minimum Gasteiger partial charge on any atom is -0.465 e. The smallest absolute Gasteiger partial charge is 0.340 e. The number of benzene rings is 1. The van der Waals surface area contributed by atoms with Gasteiger partial charge in [-0.15, -0.1) is 0 Å². The zero-order chi connectivity index (χ0) is 17.9. The zero-order valence-corrected chi connectivity index (χ0v) is 14.4. The highest BCUT2D eigenvalue weighted by molar-refractivity contribution is 7.89. The van der Waals surface area contributed by atoms with Crippen molar-refractivity contribution in [3.8, 4) is 0 Å². The van der Waals surface area contributed by atoms with E-state index in [1.54, 1.807) is 0 Å². The molecule has 1 heterocycles. The first-order valence-corrected chi connectivity index (χ1v) is 9.03. The summed E-state index contributed by atoms with van der Waals surface area (Å²) in [5.41, 5.74) is -0.250. The van der Waals surface area contributed by atoms with Crippen LogP contribution in [0.25, 0.3) is 0 Å². The summed E-state index contributed by atoms with van der Waals surface area (Å²) in [6.07, 6.45) is 0.577. The minimum absolute atomic E-state index is 0.0196. The van der Waals surface area contributed by atoms with Crippen LogP contribution in [0.2, 0.25) is 5.02 Å². The lowest BCUT2D eigenvalue weighted by Crippen LogP contribution is -2.31. The number of nitro benzene ring substituents is 1. The first-order valence-electron chi connectivity index (χ1n) is 7.04. The number of nitro groups is 1. The average molecular weight is 378 g/mol. The Kier molecular flexibility index (Phi) is 5.62. The molecule has 0 bridgehead atoms. The first kappa shape index (κ1) is 18.4. The van der Waals surface area contributed by atoms with Gasteiger partial charge in [-0.1, -0.05) is 11.6 Å². The third-order valence-corrected chi connectivity index (χ3v) is 5.81. The molecule has 0 saturated carbocycles. The molecule has 0 amide bonds. The molecule has 9 nitrogen and oxygen atoms in total. The van der Waals surface area contributed by atoms with Gasteiger partial charge in [-0.05, 0) is 6.42 Å². The molecule has 0 radical (unpaired) electrons. The molecule has 0 aliphatic carbocycles. The minimum atomic E-state index is -3.22. The van der Waals surface area contributed by atoms with E-state index in [9.17, 15) is 23.3 Å². The lowest BCUT2D eigenvalue weighted by Gasteiger charge is -2.17. The molecule has 1 aliphatic rings. The first-order chi connectivity index (χ1) is 11.3. The lowest BCUT2D eigenvalue weighted by molar-refractivity contribution is -0.384. The average Bonchev–Trinajstić information content (AvgIpc) is 2.86. The largest absolute Gasteiger partial charge is 0.465 e. The van der Waals surface area contributed by atoms with E-state index in [2.05, 4.69) is 10.1 Å². The number of nitrogens with zero attached hydrogens (tertiary/aromatic N) is 2. The quantitative estimate of drug-likeness (QED) is 0.453. The Bertz CT molecular complexity index is 767. The highest BCUT2D eigenvalue weighted by atomic mass is 35.5. The SMILES string of the molecule is COC(=O)c1cc([N+](=O)[O-])cc(Cl)c1NCCN1CCCS1(=O)=O. The van der Waals surface area contributed by atoms with E-state index in [1.165, 1.54) is 4.31 Å². The second kappa shape index (κ2) is 7.32. The van der Waals surface area contributed by atoms with Crippen molar-refractivity contribution in [2.45, 2.75) is 6.42 Å². The van der Waals surface area contributed by atoms with Crippen LogP contribution in [0.1, 0.15) is 16.8 Å². The fraction of sp³-hybridized carbons (Fsp3) is 0.462. The van der Waals surface area contributed by atoms with Gasteiger partial charge in [0.2, 0.25) is 10.0 Å². The maximum absolute atomic E-state index is 11.8. The van der Waals surface area contributed by atoms with E-state index in [0.717, 1.165) is 19.2 Å². The van der Waals surface area contributed by atoms with E-state index in [0.29, 0.717) is 13.0 Å². The molecule has 24 heavy (non-hydrogen) atoms. The Labute approximate surface area is 143 Å². The van der Waals surface area contributed by atoms with E-state index in [1.807, 2.05) is 0 Å². The zero-order valence-electron chi connectivity index (χ0n) is 12.8. The molecular formula is C13H16ClN3O6S. The maximum atomic E-state index is 11.8. The van der Waals surface area contributed by atoms with Crippen molar-refractivity contribution in [3.05, 3.63) is 32.8 Å². The molecule has 1 aliphatic heterocycles. The number of sulfonamides is 1. The number of carbonyl (C=O) groups excluding carboxylic acids is 1. The summed E-state index contributed by atoms with van der Waals surface area (Å²) < 4.78 is 29.4. The van der Waals surface area contributed by atoms with Crippen molar-refractivity contribution in [1.29, 1.82) is 0 Å². The number of esters is 1. The summed E-state index contributed by atoms with van der Waals surface area (Å²) in [6, 6.07) is 2.18. The van der Waals surface area contributed by atoms with Crippen LogP contribution in [0.5, 0.6) is 0 Å². The standard InChI is InChI=1S/C13H16ClN3O6S/c1-23-13(18)10-7-9(17(19)20)8-11(14)12(10)15-3-5-16-4-2-6-24(16,21)22/h7-8,15H,2-6H2,1H3. The van der Waals surface area contributed by atoms with Crippen molar-refractivity contribution >= 4 is 39.0 Å². The molecule has 0 spiro atoms. The number of ether oxygens (including phenoxy) is 1. The van der Waals surface area contributed by atoms with Gasteiger partial charge in [0.25, 0.3) is 5.69 Å². The highest BCUT2D eigenvalue weighted by Crippen LogP contribution is 2.31. The summed E-state index contributed by atoms with van der Waals surface area (Å²) in [5, 5.41) is 13.7. The van der Waals surface area contributed by atoms with E-state index in [4.69, 9.17) is 11.6 Å². The highest BCUT2D eigenvalue weighted by Gasteiger charge is 2.28. The Morgan fingerprint density at radius 2 is 2.21 bits per heavy atom. The van der Waals surface area contributed by atoms with Crippen LogP contribution in [0, 0.1) is 10.1 Å². The van der Waals surface area contributed by atoms with Crippen molar-refractivity contribution in [3.63, 3.8) is 0 Å². The van der Waals surface area contributed by atoms with Crippen LogP contribution in [0.3, 0.4) is 0 Å². The monoisotopic (exact) mass is 377 g/mol. The van der Waals surface area contributed by atoms with Gasteiger partial charge in [-0.2, -0.15) is 0 Å². The molecule has 1 aromatic rings. The van der Waals surface area contributed by atoms with Gasteiger partial charge in [0.1, 0.15) is 0 Å². The number of halogens is 1. The molecule has 0 aromatic heterocycles. The fourth-order valence-corrected chi connectivity index (χ4v) is 4.21. The van der Waals surface area contributed by atoms with Gasteiger partial charge in [-0.25, -0.2) is 17.5 Å². The summed E-state index contributed by atoms with van der Waals surface area (Å²) in [4.78, 5) is 22.1. The second-order valence-corrected chi connectivity index (χ2v) is 7.59.